The number of hydrogen-bond acceptors (Lipinski definition) is 9. The molecule has 5 atom stereocenters. The molecular weight excluding hydrogens is 449 g/mol. The van der Waals surface area contributed by atoms with Crippen molar-refractivity contribution >= 4 is 23.2 Å². The van der Waals surface area contributed by atoms with Crippen LogP contribution >= 0.6 is 0 Å². The number of carbonyl (C=O) groups is 3. The number of ketones is 2. The van der Waals surface area contributed by atoms with Crippen molar-refractivity contribution in [3.63, 3.8) is 0 Å². The van der Waals surface area contributed by atoms with Crippen molar-refractivity contribution in [2.75, 3.05) is 6.54 Å². The average Bonchev–Trinajstić information content (AvgIpc) is 3.31. The molecule has 0 radical (unpaired) electrons. The molecule has 10 nitrogen and oxygen atoms in total. The van der Waals surface area contributed by atoms with Gasteiger partial charge in [0.2, 0.25) is 5.78 Å². The Morgan fingerprint density at radius 2 is 1.94 bits per heavy atom. The number of primary amides is 1. The van der Waals surface area contributed by atoms with Crippen molar-refractivity contribution in [1.29, 1.82) is 0 Å². The Balaban J connectivity index is 1.69. The van der Waals surface area contributed by atoms with Gasteiger partial charge in [-0.1, -0.05) is 0 Å². The normalized spacial score (nSPS) is 33.0. The number of nitrogens with two attached hydrogens (primary N) is 2. The highest BCUT2D eigenvalue weighted by atomic mass is 19.1. The van der Waals surface area contributed by atoms with E-state index in [9.17, 15) is 34.8 Å². The molecule has 0 aromatic heterocycles. The number of halogens is 1. The molecule has 4 aliphatic rings. The summed E-state index contributed by atoms with van der Waals surface area (Å²) in [6.45, 7) is 0.699. The van der Waals surface area contributed by atoms with Crippen molar-refractivity contribution in [3.8, 4) is 5.75 Å². The SMILES string of the molecule is NC(=O)C1=C(O)[C@@]2(O)C(=O)C3=C(O)c4c(O)cc(C5CCCN5)c(F)c4C[C@H]3C[C@H]2[C@H](N)C1=O. The first-order valence-corrected chi connectivity index (χ1v) is 11.0. The summed E-state index contributed by atoms with van der Waals surface area (Å²) in [4.78, 5) is 37.8. The predicted molar refractivity (Wildman–Crippen MR) is 115 cm³/mol. The lowest BCUT2D eigenvalue weighted by Gasteiger charge is -2.48. The second-order valence-corrected chi connectivity index (χ2v) is 9.38. The van der Waals surface area contributed by atoms with E-state index in [2.05, 4.69) is 5.32 Å². The zero-order valence-corrected chi connectivity index (χ0v) is 18.0. The van der Waals surface area contributed by atoms with Gasteiger partial charge in [0, 0.05) is 28.7 Å². The Hall–Kier alpha value is -3.28. The molecule has 1 amide bonds. The summed E-state index contributed by atoms with van der Waals surface area (Å²) in [6, 6.07) is -0.637. The first kappa shape index (κ1) is 22.5. The molecule has 180 valence electrons. The Kier molecular flexibility index (Phi) is 4.87. The van der Waals surface area contributed by atoms with E-state index >= 15 is 4.39 Å². The number of hydrogen-bond donors (Lipinski definition) is 7. The van der Waals surface area contributed by atoms with Gasteiger partial charge in [-0.25, -0.2) is 4.39 Å². The van der Waals surface area contributed by atoms with Crippen LogP contribution in [-0.4, -0.2) is 56.1 Å². The van der Waals surface area contributed by atoms with Gasteiger partial charge in [-0.15, -0.1) is 0 Å². The van der Waals surface area contributed by atoms with Gasteiger partial charge in [0.15, 0.2) is 11.4 Å². The zero-order chi connectivity index (χ0) is 24.7. The van der Waals surface area contributed by atoms with Crippen LogP contribution in [0.25, 0.3) is 5.76 Å². The molecule has 2 fully saturated rings. The second kappa shape index (κ2) is 7.36. The average molecular weight is 473 g/mol. The van der Waals surface area contributed by atoms with Crippen molar-refractivity contribution in [3.05, 3.63) is 45.5 Å². The van der Waals surface area contributed by atoms with Crippen LogP contribution in [0.2, 0.25) is 0 Å². The minimum absolute atomic E-state index is 0.0153. The number of benzene rings is 1. The standard InChI is InChI=1S/C23H24FN3O7/c24-16-8(11-2-1-3-27-11)6-12(28)14-9(16)4-7-5-10-17(25)19(30)15(22(26)33)21(32)23(10,34)20(31)13(7)18(14)29/h6-7,10-11,17,27-29,32,34H,1-5,25H2,(H2,26,33)/t7-,10-,11?,17-,23-/m0/s1. The fraction of sp³-hybridized carbons (Fsp3) is 0.435. The van der Waals surface area contributed by atoms with E-state index in [1.165, 1.54) is 6.07 Å². The lowest BCUT2D eigenvalue weighted by atomic mass is 9.58. The van der Waals surface area contributed by atoms with E-state index < -0.39 is 69.6 Å². The van der Waals surface area contributed by atoms with Crippen LogP contribution in [0.5, 0.6) is 5.75 Å². The molecule has 11 heteroatoms. The number of aliphatic hydroxyl groups excluding tert-OH is 2. The summed E-state index contributed by atoms with van der Waals surface area (Å²) >= 11 is 0. The van der Waals surface area contributed by atoms with Crippen LogP contribution in [0, 0.1) is 17.7 Å². The maximum absolute atomic E-state index is 15.6. The number of phenolic OH excluding ortho intramolecular Hbond substituents is 1. The summed E-state index contributed by atoms with van der Waals surface area (Å²) in [5, 5.41) is 46.7. The van der Waals surface area contributed by atoms with Gasteiger partial charge in [0.1, 0.15) is 28.7 Å². The number of phenols is 1. The van der Waals surface area contributed by atoms with Gasteiger partial charge in [-0.3, -0.25) is 14.4 Å². The fourth-order valence-electron chi connectivity index (χ4n) is 5.99. The number of aromatic hydroxyl groups is 1. The van der Waals surface area contributed by atoms with Crippen LogP contribution in [0.4, 0.5) is 4.39 Å². The number of aliphatic hydroxyl groups is 3. The highest BCUT2D eigenvalue weighted by molar-refractivity contribution is 6.24. The lowest BCUT2D eigenvalue weighted by Crippen LogP contribution is -2.65. The predicted octanol–water partition coefficient (Wildman–Crippen LogP) is -0.0753. The minimum Gasteiger partial charge on any atom is -0.508 e. The van der Waals surface area contributed by atoms with E-state index in [1.807, 2.05) is 0 Å². The summed E-state index contributed by atoms with van der Waals surface area (Å²) < 4.78 is 15.6. The van der Waals surface area contributed by atoms with Gasteiger partial charge in [-0.2, -0.15) is 0 Å². The number of fused-ring (bicyclic) bond motifs is 3. The number of rotatable bonds is 2. The first-order chi connectivity index (χ1) is 16.0. The summed E-state index contributed by atoms with van der Waals surface area (Å²) in [6.07, 6.45) is 1.23. The van der Waals surface area contributed by atoms with E-state index in [-0.39, 0.29) is 41.1 Å². The Labute approximate surface area is 192 Å². The molecule has 1 aliphatic heterocycles. The summed E-state index contributed by atoms with van der Waals surface area (Å²) in [5.74, 6) is -8.75. The third-order valence-corrected chi connectivity index (χ3v) is 7.65. The Morgan fingerprint density at radius 3 is 2.56 bits per heavy atom. The highest BCUT2D eigenvalue weighted by Gasteiger charge is 2.63. The monoisotopic (exact) mass is 473 g/mol. The van der Waals surface area contributed by atoms with Gasteiger partial charge >= 0.3 is 0 Å². The van der Waals surface area contributed by atoms with Crippen LogP contribution < -0.4 is 16.8 Å². The summed E-state index contributed by atoms with van der Waals surface area (Å²) in [5.41, 5.74) is 7.03. The van der Waals surface area contributed by atoms with Gasteiger partial charge < -0.3 is 37.2 Å². The lowest BCUT2D eigenvalue weighted by molar-refractivity contribution is -0.149. The van der Waals surface area contributed by atoms with Crippen molar-refractivity contribution in [2.45, 2.75) is 43.4 Å². The van der Waals surface area contributed by atoms with Gasteiger partial charge in [0.25, 0.3) is 5.91 Å². The molecule has 5 rings (SSSR count). The molecule has 0 bridgehead atoms. The number of nitrogens with one attached hydrogen (secondary N) is 1. The van der Waals surface area contributed by atoms with Crippen LogP contribution in [0.1, 0.15) is 42.0 Å². The van der Waals surface area contributed by atoms with Crippen LogP contribution in [0.15, 0.2) is 23.0 Å². The van der Waals surface area contributed by atoms with Crippen LogP contribution in [0.3, 0.4) is 0 Å². The first-order valence-electron chi connectivity index (χ1n) is 11.0. The van der Waals surface area contributed by atoms with Gasteiger partial charge in [-0.05, 0) is 44.2 Å². The quantitative estimate of drug-likeness (QED) is 0.287. The minimum atomic E-state index is -2.78. The molecule has 1 aromatic rings. The van der Waals surface area contributed by atoms with Gasteiger partial charge in [0.05, 0.1) is 11.6 Å². The molecule has 1 aromatic carbocycles. The molecule has 0 spiro atoms. The van der Waals surface area contributed by atoms with E-state index in [0.717, 1.165) is 6.42 Å². The second-order valence-electron chi connectivity index (χ2n) is 9.38. The molecule has 1 saturated heterocycles. The fourth-order valence-corrected chi connectivity index (χ4v) is 5.99. The maximum Gasteiger partial charge on any atom is 0.255 e. The number of carbonyl (C=O) groups excluding carboxylic acids is 3. The van der Waals surface area contributed by atoms with E-state index in [0.29, 0.717) is 13.0 Å². The topological polar surface area (TPSA) is 196 Å². The van der Waals surface area contributed by atoms with Crippen molar-refractivity contribution in [1.82, 2.24) is 5.32 Å². The molecule has 9 N–H and O–H groups in total. The number of Topliss-reactive ketones (excluding diaryl/α,β-unsaturated/α-hetero) is 2. The maximum atomic E-state index is 15.6. The van der Waals surface area contributed by atoms with E-state index in [1.54, 1.807) is 0 Å². The van der Waals surface area contributed by atoms with Crippen LogP contribution in [-0.2, 0) is 20.8 Å². The summed E-state index contributed by atoms with van der Waals surface area (Å²) in [7, 11) is 0. The smallest absolute Gasteiger partial charge is 0.255 e. The van der Waals surface area contributed by atoms with Crippen molar-refractivity contribution in [2.24, 2.45) is 23.3 Å². The Bertz CT molecular complexity index is 1230. The molecule has 1 heterocycles. The molecule has 3 aliphatic carbocycles. The molecule has 1 saturated carbocycles. The third-order valence-electron chi connectivity index (χ3n) is 7.65. The molecule has 1 unspecified atom stereocenters. The number of amides is 1. The van der Waals surface area contributed by atoms with Crippen molar-refractivity contribution < 1.29 is 39.2 Å². The van der Waals surface area contributed by atoms with E-state index in [4.69, 9.17) is 11.5 Å². The molecule has 34 heavy (non-hydrogen) atoms. The largest absolute Gasteiger partial charge is 0.508 e. The zero-order valence-electron chi connectivity index (χ0n) is 18.0. The Morgan fingerprint density at radius 1 is 1.24 bits per heavy atom. The molecular formula is C23H24FN3O7. The third kappa shape index (κ3) is 2.74. The highest BCUT2D eigenvalue weighted by Crippen LogP contribution is 2.52.